The molecule has 0 radical (unpaired) electrons. The van der Waals surface area contributed by atoms with Crippen LogP contribution in [-0.4, -0.2) is 53.7 Å². The first-order valence-electron chi connectivity index (χ1n) is 10.4. The number of nitrogens with two attached hydrogens (primary N) is 2. The summed E-state index contributed by atoms with van der Waals surface area (Å²) in [6.07, 6.45) is 2.42. The van der Waals surface area contributed by atoms with Crippen molar-refractivity contribution in [2.45, 2.75) is 19.4 Å². The second kappa shape index (κ2) is 9.09. The van der Waals surface area contributed by atoms with Crippen LogP contribution < -0.4 is 21.5 Å². The average molecular weight is 420 g/mol. The normalized spacial score (nSPS) is 17.9. The molecule has 2 aromatic carbocycles. The van der Waals surface area contributed by atoms with E-state index < -0.39 is 0 Å². The molecule has 4 rings (SSSR count). The average Bonchev–Trinajstić information content (AvgIpc) is 3.17. The van der Waals surface area contributed by atoms with Crippen molar-refractivity contribution in [1.82, 2.24) is 20.4 Å². The molecule has 6 N–H and O–H groups in total. The summed E-state index contributed by atoms with van der Waals surface area (Å²) in [5.74, 6) is 1.98. The molecule has 8 nitrogen and oxygen atoms in total. The first kappa shape index (κ1) is 20.7. The van der Waals surface area contributed by atoms with Crippen LogP contribution in [0.2, 0.25) is 0 Å². The standard InChI is InChI=1S/C23H29N7O/c1-15-20-12-17(6-7-21(20)29-28-15)23(25)27-22(13-24)30-9-8-26-18(14-30)10-16-4-3-5-19(11-16)31-2/h3-7,11-13,18,26H,8-10,14,24H2,1-2H3,(H2,25,27)(H,28,29)/b22-13+. The van der Waals surface area contributed by atoms with Gasteiger partial charge in [-0.3, -0.25) is 5.10 Å². The van der Waals surface area contributed by atoms with Crippen molar-refractivity contribution < 1.29 is 4.74 Å². The number of H-pyrrole nitrogens is 1. The molecule has 0 saturated carbocycles. The van der Waals surface area contributed by atoms with E-state index >= 15 is 0 Å². The molecule has 0 amide bonds. The SMILES string of the molecule is COc1cccc(CC2CN(C(=C/N)/N=C(\N)c3ccc4n[nH]c(C)c4c3)CCN2)c1. The quantitative estimate of drug-likeness (QED) is 0.358. The zero-order valence-corrected chi connectivity index (χ0v) is 17.9. The van der Waals surface area contributed by atoms with Gasteiger partial charge in [-0.25, -0.2) is 4.99 Å². The summed E-state index contributed by atoms with van der Waals surface area (Å²) < 4.78 is 5.34. The van der Waals surface area contributed by atoms with Gasteiger partial charge in [0.1, 0.15) is 17.4 Å². The van der Waals surface area contributed by atoms with Gasteiger partial charge in [0.05, 0.1) is 12.6 Å². The molecule has 1 fully saturated rings. The van der Waals surface area contributed by atoms with Gasteiger partial charge in [0.25, 0.3) is 0 Å². The Balaban J connectivity index is 1.49. The largest absolute Gasteiger partial charge is 0.497 e. The minimum Gasteiger partial charge on any atom is -0.497 e. The van der Waals surface area contributed by atoms with E-state index in [1.807, 2.05) is 37.3 Å². The van der Waals surface area contributed by atoms with Crippen molar-refractivity contribution in [2.75, 3.05) is 26.7 Å². The number of nitrogens with zero attached hydrogens (tertiary/aromatic N) is 3. The first-order chi connectivity index (χ1) is 15.1. The molecule has 31 heavy (non-hydrogen) atoms. The molecule has 3 aromatic rings. The third-order valence-electron chi connectivity index (χ3n) is 5.62. The zero-order valence-electron chi connectivity index (χ0n) is 17.9. The molecular formula is C23H29N7O. The van der Waals surface area contributed by atoms with Crippen LogP contribution in [0.25, 0.3) is 10.9 Å². The maximum atomic E-state index is 6.34. The van der Waals surface area contributed by atoms with E-state index in [2.05, 4.69) is 37.5 Å². The van der Waals surface area contributed by atoms with Gasteiger partial charge < -0.3 is 26.4 Å². The number of hydrogen-bond acceptors (Lipinski definition) is 6. The van der Waals surface area contributed by atoms with Gasteiger partial charge in [0.2, 0.25) is 0 Å². The lowest BCUT2D eigenvalue weighted by Crippen LogP contribution is -2.51. The number of ether oxygens (including phenoxy) is 1. The fourth-order valence-corrected chi connectivity index (χ4v) is 3.95. The fraction of sp³-hybridized carbons (Fsp3) is 0.304. The van der Waals surface area contributed by atoms with Crippen LogP contribution in [0.1, 0.15) is 16.8 Å². The lowest BCUT2D eigenvalue weighted by Gasteiger charge is -2.35. The Bertz CT molecular complexity index is 1120. The number of piperazine rings is 1. The molecule has 1 aliphatic heterocycles. The fourth-order valence-electron chi connectivity index (χ4n) is 3.95. The number of nitrogens with one attached hydrogen (secondary N) is 2. The number of aromatic nitrogens is 2. The molecule has 1 atom stereocenters. The molecule has 1 unspecified atom stereocenters. The van der Waals surface area contributed by atoms with Crippen molar-refractivity contribution in [3.63, 3.8) is 0 Å². The van der Waals surface area contributed by atoms with Crippen molar-refractivity contribution in [1.29, 1.82) is 0 Å². The smallest absolute Gasteiger partial charge is 0.146 e. The monoisotopic (exact) mass is 419 g/mol. The van der Waals surface area contributed by atoms with Crippen LogP contribution in [0.4, 0.5) is 0 Å². The summed E-state index contributed by atoms with van der Waals surface area (Å²) in [5.41, 5.74) is 16.3. The summed E-state index contributed by atoms with van der Waals surface area (Å²) in [7, 11) is 1.69. The minimum atomic E-state index is 0.275. The number of rotatable bonds is 6. The Morgan fingerprint density at radius 3 is 3.00 bits per heavy atom. The Morgan fingerprint density at radius 1 is 1.32 bits per heavy atom. The Kier molecular flexibility index (Phi) is 6.08. The van der Waals surface area contributed by atoms with E-state index in [0.29, 0.717) is 11.7 Å². The van der Waals surface area contributed by atoms with Gasteiger partial charge >= 0.3 is 0 Å². The third kappa shape index (κ3) is 4.64. The van der Waals surface area contributed by atoms with Gasteiger partial charge in [0.15, 0.2) is 0 Å². The van der Waals surface area contributed by atoms with Crippen LogP contribution in [0, 0.1) is 6.92 Å². The molecule has 0 spiro atoms. The number of aliphatic imine (C=N–C) groups is 1. The number of fused-ring (bicyclic) bond motifs is 1. The van der Waals surface area contributed by atoms with E-state index in [1.54, 1.807) is 7.11 Å². The summed E-state index contributed by atoms with van der Waals surface area (Å²) >= 11 is 0. The lowest BCUT2D eigenvalue weighted by molar-refractivity contribution is 0.243. The van der Waals surface area contributed by atoms with E-state index in [4.69, 9.17) is 16.2 Å². The van der Waals surface area contributed by atoms with E-state index in [0.717, 1.165) is 54.0 Å². The van der Waals surface area contributed by atoms with Gasteiger partial charge in [0, 0.05) is 48.5 Å². The third-order valence-corrected chi connectivity index (χ3v) is 5.62. The number of hydrogen-bond donors (Lipinski definition) is 4. The Labute approximate surface area is 182 Å². The summed E-state index contributed by atoms with van der Waals surface area (Å²) in [5, 5.41) is 11.9. The highest BCUT2D eigenvalue weighted by molar-refractivity contribution is 6.01. The summed E-state index contributed by atoms with van der Waals surface area (Å²) in [4.78, 5) is 6.83. The van der Waals surface area contributed by atoms with E-state index in [9.17, 15) is 0 Å². The highest BCUT2D eigenvalue weighted by Crippen LogP contribution is 2.19. The van der Waals surface area contributed by atoms with Crippen molar-refractivity contribution in [3.8, 4) is 5.75 Å². The predicted molar refractivity (Wildman–Crippen MR) is 124 cm³/mol. The van der Waals surface area contributed by atoms with Crippen molar-refractivity contribution >= 4 is 16.7 Å². The van der Waals surface area contributed by atoms with Crippen molar-refractivity contribution in [2.24, 2.45) is 16.5 Å². The zero-order chi connectivity index (χ0) is 21.8. The van der Waals surface area contributed by atoms with Gasteiger partial charge in [-0.15, -0.1) is 0 Å². The number of methoxy groups -OCH3 is 1. The Morgan fingerprint density at radius 2 is 2.19 bits per heavy atom. The highest BCUT2D eigenvalue weighted by Gasteiger charge is 2.21. The van der Waals surface area contributed by atoms with E-state index in [1.165, 1.54) is 11.8 Å². The van der Waals surface area contributed by atoms with Crippen LogP contribution in [0.15, 0.2) is 59.5 Å². The lowest BCUT2D eigenvalue weighted by atomic mass is 10.0. The van der Waals surface area contributed by atoms with Crippen LogP contribution in [0.5, 0.6) is 5.75 Å². The number of aromatic amines is 1. The molecule has 0 bridgehead atoms. The number of amidine groups is 1. The van der Waals surface area contributed by atoms with Crippen LogP contribution >= 0.6 is 0 Å². The minimum absolute atomic E-state index is 0.275. The molecule has 162 valence electrons. The molecule has 1 aliphatic rings. The molecular weight excluding hydrogens is 390 g/mol. The second-order valence-corrected chi connectivity index (χ2v) is 7.76. The summed E-state index contributed by atoms with van der Waals surface area (Å²) in [6, 6.07) is 14.3. The molecule has 0 aliphatic carbocycles. The molecule has 1 aromatic heterocycles. The number of aryl methyl sites for hydroxylation is 1. The highest BCUT2D eigenvalue weighted by atomic mass is 16.5. The maximum Gasteiger partial charge on any atom is 0.146 e. The molecule has 8 heteroatoms. The van der Waals surface area contributed by atoms with Gasteiger partial charge in [-0.2, -0.15) is 5.10 Å². The van der Waals surface area contributed by atoms with Crippen LogP contribution in [0.3, 0.4) is 0 Å². The van der Waals surface area contributed by atoms with E-state index in [-0.39, 0.29) is 6.04 Å². The molecule has 2 heterocycles. The topological polar surface area (TPSA) is 118 Å². The molecule has 1 saturated heterocycles. The van der Waals surface area contributed by atoms with Crippen LogP contribution in [-0.2, 0) is 6.42 Å². The Hall–Kier alpha value is -3.52. The van der Waals surface area contributed by atoms with Crippen molar-refractivity contribution in [3.05, 3.63) is 71.3 Å². The van der Waals surface area contributed by atoms with Gasteiger partial charge in [-0.05, 0) is 49.2 Å². The first-order valence-corrected chi connectivity index (χ1v) is 10.4. The maximum absolute atomic E-state index is 6.34. The number of benzene rings is 2. The second-order valence-electron chi connectivity index (χ2n) is 7.76. The van der Waals surface area contributed by atoms with Gasteiger partial charge in [-0.1, -0.05) is 12.1 Å². The summed E-state index contributed by atoms with van der Waals surface area (Å²) in [6.45, 7) is 4.44. The predicted octanol–water partition coefficient (Wildman–Crippen LogP) is 1.86.